The summed E-state index contributed by atoms with van der Waals surface area (Å²) in [6.45, 7) is 2.15. The second-order valence-electron chi connectivity index (χ2n) is 3.93. The Kier molecular flexibility index (Phi) is 5.80. The van der Waals surface area contributed by atoms with Crippen molar-refractivity contribution in [1.82, 2.24) is 4.90 Å². The fourth-order valence-corrected chi connectivity index (χ4v) is 1.84. The minimum Gasteiger partial charge on any atom is -0.480 e. The number of hydrogen-bond acceptors (Lipinski definition) is 3. The number of benzene rings is 1. The number of carboxylic acid groups (broad SMARTS) is 1. The van der Waals surface area contributed by atoms with Crippen molar-refractivity contribution in [2.24, 2.45) is 0 Å². The van der Waals surface area contributed by atoms with Crippen LogP contribution in [0.1, 0.15) is 12.8 Å². The van der Waals surface area contributed by atoms with Gasteiger partial charge in [-0.1, -0.05) is 17.7 Å². The molecule has 0 saturated carbocycles. The number of halogens is 1. The van der Waals surface area contributed by atoms with Crippen LogP contribution in [-0.4, -0.2) is 35.6 Å². The molecular formula is C12H17ClN2O2. The van der Waals surface area contributed by atoms with Crippen molar-refractivity contribution < 1.29 is 9.90 Å². The topological polar surface area (TPSA) is 66.6 Å². The third-order valence-electron chi connectivity index (χ3n) is 2.41. The van der Waals surface area contributed by atoms with Crippen molar-refractivity contribution in [3.63, 3.8) is 0 Å². The molecule has 0 spiro atoms. The van der Waals surface area contributed by atoms with Gasteiger partial charge in [-0.05, 0) is 44.1 Å². The third kappa shape index (κ3) is 6.14. The van der Waals surface area contributed by atoms with E-state index >= 15 is 0 Å². The Morgan fingerprint density at radius 1 is 1.41 bits per heavy atom. The molecule has 94 valence electrons. The molecule has 1 aliphatic heterocycles. The van der Waals surface area contributed by atoms with E-state index in [-0.39, 0.29) is 6.54 Å². The van der Waals surface area contributed by atoms with E-state index in [1.54, 1.807) is 18.2 Å². The highest BCUT2D eigenvalue weighted by Crippen LogP contribution is 2.10. The Balaban J connectivity index is 0.000000171. The molecule has 2 rings (SSSR count). The normalized spacial score (nSPS) is 15.1. The van der Waals surface area contributed by atoms with Crippen molar-refractivity contribution in [1.29, 1.82) is 0 Å². The molecule has 1 heterocycles. The Morgan fingerprint density at radius 2 is 2.06 bits per heavy atom. The highest BCUT2D eigenvalue weighted by atomic mass is 35.5. The molecule has 3 N–H and O–H groups in total. The molecule has 17 heavy (non-hydrogen) atoms. The predicted molar refractivity (Wildman–Crippen MR) is 69.2 cm³/mol. The largest absolute Gasteiger partial charge is 0.480 e. The van der Waals surface area contributed by atoms with E-state index in [2.05, 4.69) is 0 Å². The first-order valence-corrected chi connectivity index (χ1v) is 5.91. The van der Waals surface area contributed by atoms with Gasteiger partial charge in [-0.15, -0.1) is 0 Å². The van der Waals surface area contributed by atoms with Gasteiger partial charge in [-0.25, -0.2) is 0 Å². The van der Waals surface area contributed by atoms with Crippen molar-refractivity contribution >= 4 is 23.3 Å². The molecule has 0 aliphatic carbocycles. The van der Waals surface area contributed by atoms with Gasteiger partial charge in [-0.3, -0.25) is 9.69 Å². The molecular weight excluding hydrogens is 240 g/mol. The molecule has 1 aromatic carbocycles. The van der Waals surface area contributed by atoms with Gasteiger partial charge >= 0.3 is 5.97 Å². The summed E-state index contributed by atoms with van der Waals surface area (Å²) in [5.41, 5.74) is 6.08. The first-order valence-electron chi connectivity index (χ1n) is 5.53. The zero-order chi connectivity index (χ0) is 12.7. The molecule has 0 radical (unpaired) electrons. The summed E-state index contributed by atoms with van der Waals surface area (Å²) in [5, 5.41) is 9.02. The van der Waals surface area contributed by atoms with Crippen LogP contribution in [-0.2, 0) is 4.79 Å². The van der Waals surface area contributed by atoms with E-state index in [0.29, 0.717) is 10.7 Å². The summed E-state index contributed by atoms with van der Waals surface area (Å²) >= 11 is 5.56. The fraction of sp³-hybridized carbons (Fsp3) is 0.417. The van der Waals surface area contributed by atoms with Gasteiger partial charge in [0.05, 0.1) is 6.54 Å². The fourth-order valence-electron chi connectivity index (χ4n) is 1.64. The molecule has 1 saturated heterocycles. The lowest BCUT2D eigenvalue weighted by atomic mass is 10.3. The standard InChI is InChI=1S/C6H6ClN.C6H11NO2/c7-5-2-1-3-6(8)4-5;8-6(9)5-7-3-1-2-4-7/h1-4H,8H2;1-5H2,(H,8,9). The highest BCUT2D eigenvalue weighted by Gasteiger charge is 2.13. The van der Waals surface area contributed by atoms with Gasteiger partial charge in [0.2, 0.25) is 0 Å². The number of likely N-dealkylation sites (tertiary alicyclic amines) is 1. The second kappa shape index (κ2) is 7.14. The molecule has 5 heteroatoms. The lowest BCUT2D eigenvalue weighted by Gasteiger charge is -2.09. The van der Waals surface area contributed by atoms with Crippen molar-refractivity contribution in [3.05, 3.63) is 29.3 Å². The minimum atomic E-state index is -0.711. The smallest absolute Gasteiger partial charge is 0.317 e. The average molecular weight is 257 g/mol. The number of rotatable bonds is 2. The monoisotopic (exact) mass is 256 g/mol. The van der Waals surface area contributed by atoms with E-state index in [9.17, 15) is 4.79 Å². The number of aliphatic carboxylic acids is 1. The predicted octanol–water partition coefficient (Wildman–Crippen LogP) is 2.09. The summed E-state index contributed by atoms with van der Waals surface area (Å²) in [6.07, 6.45) is 2.32. The second-order valence-corrected chi connectivity index (χ2v) is 4.37. The van der Waals surface area contributed by atoms with Crippen LogP contribution in [0.3, 0.4) is 0 Å². The van der Waals surface area contributed by atoms with Gasteiger partial charge in [0.1, 0.15) is 0 Å². The van der Waals surface area contributed by atoms with Crippen LogP contribution in [0.25, 0.3) is 0 Å². The Hall–Kier alpha value is -1.26. The summed E-state index contributed by atoms with van der Waals surface area (Å²) in [5.74, 6) is -0.711. The number of anilines is 1. The molecule has 4 nitrogen and oxygen atoms in total. The van der Waals surface area contributed by atoms with Gasteiger partial charge in [0.15, 0.2) is 0 Å². The molecule has 1 aromatic rings. The van der Waals surface area contributed by atoms with E-state index in [1.165, 1.54) is 0 Å². The average Bonchev–Trinajstić information content (AvgIpc) is 2.69. The van der Waals surface area contributed by atoms with Crippen LogP contribution in [0.2, 0.25) is 5.02 Å². The zero-order valence-electron chi connectivity index (χ0n) is 9.60. The van der Waals surface area contributed by atoms with E-state index in [4.69, 9.17) is 22.4 Å². The first kappa shape index (κ1) is 13.8. The molecule has 1 aliphatic rings. The molecule has 0 bridgehead atoms. The lowest BCUT2D eigenvalue weighted by molar-refractivity contribution is -0.138. The first-order chi connectivity index (χ1) is 8.08. The molecule has 0 atom stereocenters. The molecule has 0 amide bonds. The number of nitrogen functional groups attached to an aromatic ring is 1. The maximum atomic E-state index is 10.1. The van der Waals surface area contributed by atoms with E-state index in [1.807, 2.05) is 11.0 Å². The van der Waals surface area contributed by atoms with Crippen molar-refractivity contribution in [2.45, 2.75) is 12.8 Å². The Morgan fingerprint density at radius 3 is 2.47 bits per heavy atom. The maximum absolute atomic E-state index is 10.1. The van der Waals surface area contributed by atoms with Gasteiger partial charge in [-0.2, -0.15) is 0 Å². The van der Waals surface area contributed by atoms with E-state index < -0.39 is 5.97 Å². The number of carboxylic acids is 1. The summed E-state index contributed by atoms with van der Waals surface area (Å²) in [6, 6.07) is 7.11. The molecule has 0 unspecified atom stereocenters. The van der Waals surface area contributed by atoms with Crippen LogP contribution >= 0.6 is 11.6 Å². The number of carbonyl (C=O) groups is 1. The van der Waals surface area contributed by atoms with Gasteiger partial charge < -0.3 is 10.8 Å². The van der Waals surface area contributed by atoms with Crippen LogP contribution < -0.4 is 5.73 Å². The van der Waals surface area contributed by atoms with Gasteiger partial charge in [0.25, 0.3) is 0 Å². The minimum absolute atomic E-state index is 0.222. The van der Waals surface area contributed by atoms with Crippen LogP contribution in [0.5, 0.6) is 0 Å². The maximum Gasteiger partial charge on any atom is 0.317 e. The SMILES string of the molecule is Nc1cccc(Cl)c1.O=C(O)CN1CCCC1. The van der Waals surface area contributed by atoms with E-state index in [0.717, 1.165) is 25.9 Å². The molecule has 0 aromatic heterocycles. The number of nitrogens with two attached hydrogens (primary N) is 1. The van der Waals surface area contributed by atoms with Crippen LogP contribution in [0, 0.1) is 0 Å². The molecule has 1 fully saturated rings. The van der Waals surface area contributed by atoms with Crippen molar-refractivity contribution in [2.75, 3.05) is 25.4 Å². The van der Waals surface area contributed by atoms with Crippen LogP contribution in [0.15, 0.2) is 24.3 Å². The Bertz CT molecular complexity index is 348. The quantitative estimate of drug-likeness (QED) is 0.796. The number of nitrogens with zero attached hydrogens (tertiary/aromatic N) is 1. The highest BCUT2D eigenvalue weighted by molar-refractivity contribution is 6.30. The van der Waals surface area contributed by atoms with Gasteiger partial charge in [0, 0.05) is 10.7 Å². The van der Waals surface area contributed by atoms with Crippen molar-refractivity contribution in [3.8, 4) is 0 Å². The summed E-state index contributed by atoms with van der Waals surface area (Å²) in [7, 11) is 0. The summed E-state index contributed by atoms with van der Waals surface area (Å²) in [4.78, 5) is 12.1. The number of hydrogen-bond donors (Lipinski definition) is 2. The summed E-state index contributed by atoms with van der Waals surface area (Å²) < 4.78 is 0. The lowest BCUT2D eigenvalue weighted by Crippen LogP contribution is -2.26. The zero-order valence-corrected chi connectivity index (χ0v) is 10.4. The third-order valence-corrected chi connectivity index (χ3v) is 2.64. The van der Waals surface area contributed by atoms with Crippen LogP contribution in [0.4, 0.5) is 5.69 Å². The Labute approximate surface area is 106 Å².